The molecule has 1 unspecified atom stereocenters. The van der Waals surface area contributed by atoms with Crippen LogP contribution in [0, 0.1) is 0 Å². The van der Waals surface area contributed by atoms with Gasteiger partial charge in [0, 0.05) is 0 Å². The highest BCUT2D eigenvalue weighted by atomic mass is 19.4. The number of carboxylic acids is 1. The molecule has 0 heterocycles. The molecule has 0 amide bonds. The summed E-state index contributed by atoms with van der Waals surface area (Å²) < 4.78 is 37.4. The lowest BCUT2D eigenvalue weighted by Crippen LogP contribution is -2.52. The lowest BCUT2D eigenvalue weighted by molar-refractivity contribution is -0.148. The Labute approximate surface area is 124 Å². The van der Waals surface area contributed by atoms with Crippen LogP contribution >= 0.6 is 0 Å². The molecule has 0 saturated carbocycles. The molecule has 2 N–H and O–H groups in total. The van der Waals surface area contributed by atoms with Gasteiger partial charge in [0.1, 0.15) is 5.54 Å². The number of likely N-dealkylation sites (N-methyl/N-ethyl adjacent to an activating group) is 1. The Balaban J connectivity index is 4.54. The number of alkyl halides is 3. The van der Waals surface area contributed by atoms with Gasteiger partial charge in [0.25, 0.3) is 0 Å². The second-order valence-corrected chi connectivity index (χ2v) is 5.27. The van der Waals surface area contributed by atoms with Gasteiger partial charge in [0.2, 0.25) is 0 Å². The quantitative estimate of drug-likeness (QED) is 0.616. The fourth-order valence-electron chi connectivity index (χ4n) is 2.51. The van der Waals surface area contributed by atoms with E-state index in [9.17, 15) is 23.1 Å². The van der Waals surface area contributed by atoms with Gasteiger partial charge in [-0.15, -0.1) is 0 Å². The molecule has 0 rings (SSSR count). The third-order valence-electron chi connectivity index (χ3n) is 3.55. The minimum atomic E-state index is -4.22. The van der Waals surface area contributed by atoms with E-state index in [2.05, 4.69) is 5.32 Å². The predicted octanol–water partition coefficient (Wildman–Crippen LogP) is 2.88. The van der Waals surface area contributed by atoms with Crippen molar-refractivity contribution in [2.75, 3.05) is 26.2 Å². The van der Waals surface area contributed by atoms with Crippen molar-refractivity contribution in [3.8, 4) is 0 Å². The fourth-order valence-corrected chi connectivity index (χ4v) is 2.51. The largest absolute Gasteiger partial charge is 0.480 e. The highest BCUT2D eigenvalue weighted by Gasteiger charge is 2.36. The van der Waals surface area contributed by atoms with Gasteiger partial charge in [-0.05, 0) is 45.3 Å². The number of nitrogens with one attached hydrogen (secondary N) is 1. The van der Waals surface area contributed by atoms with E-state index in [0.717, 1.165) is 0 Å². The number of halogens is 3. The van der Waals surface area contributed by atoms with Crippen molar-refractivity contribution in [3.05, 3.63) is 0 Å². The van der Waals surface area contributed by atoms with Crippen molar-refractivity contribution in [1.29, 1.82) is 0 Å². The molecule has 0 aliphatic carbocycles. The maximum absolute atomic E-state index is 12.5. The zero-order valence-electron chi connectivity index (χ0n) is 13.1. The van der Waals surface area contributed by atoms with E-state index < -0.39 is 24.2 Å². The highest BCUT2D eigenvalue weighted by Crippen LogP contribution is 2.20. The van der Waals surface area contributed by atoms with Crippen LogP contribution in [0.4, 0.5) is 13.2 Å². The van der Waals surface area contributed by atoms with Crippen molar-refractivity contribution in [2.45, 2.75) is 58.2 Å². The van der Waals surface area contributed by atoms with E-state index in [1.165, 1.54) is 4.90 Å². The summed E-state index contributed by atoms with van der Waals surface area (Å²) in [4.78, 5) is 12.8. The second kappa shape index (κ2) is 9.25. The molecule has 0 fully saturated rings. The van der Waals surface area contributed by atoms with Crippen LogP contribution in [0.2, 0.25) is 0 Å². The van der Waals surface area contributed by atoms with Crippen LogP contribution in [-0.2, 0) is 4.79 Å². The summed E-state index contributed by atoms with van der Waals surface area (Å²) in [6.45, 7) is 5.63. The van der Waals surface area contributed by atoms with Crippen molar-refractivity contribution < 1.29 is 23.1 Å². The van der Waals surface area contributed by atoms with Crippen molar-refractivity contribution in [2.24, 2.45) is 0 Å². The molecule has 0 bridgehead atoms. The lowest BCUT2D eigenvalue weighted by Gasteiger charge is -2.30. The van der Waals surface area contributed by atoms with Gasteiger partial charge in [-0.25, -0.2) is 0 Å². The molecular weight excluding hydrogens is 285 g/mol. The van der Waals surface area contributed by atoms with Crippen LogP contribution in [0.5, 0.6) is 0 Å². The molecule has 0 aliphatic heterocycles. The number of carbonyl (C=O) groups is 1. The first-order chi connectivity index (χ1) is 9.70. The molecule has 0 aliphatic rings. The number of hydrogen-bond acceptors (Lipinski definition) is 3. The molecule has 1 atom stereocenters. The van der Waals surface area contributed by atoms with Gasteiger partial charge in [0.05, 0.1) is 6.54 Å². The Morgan fingerprint density at radius 3 is 2.19 bits per heavy atom. The second-order valence-electron chi connectivity index (χ2n) is 5.27. The third kappa shape index (κ3) is 7.66. The van der Waals surface area contributed by atoms with Crippen LogP contribution in [0.25, 0.3) is 0 Å². The summed E-state index contributed by atoms with van der Waals surface area (Å²) in [6, 6.07) is 0. The standard InChI is InChI=1S/C14H27F3N2O2/c1-4-9-19(11-14(15,16)17)10-7-8-13(5-2,12(20)21)18-6-3/h18H,4-11H2,1-3H3,(H,20,21). The number of carboxylic acid groups (broad SMARTS) is 1. The van der Waals surface area contributed by atoms with Gasteiger partial charge in [-0.3, -0.25) is 9.69 Å². The maximum Gasteiger partial charge on any atom is 0.401 e. The molecule has 0 aromatic rings. The van der Waals surface area contributed by atoms with Gasteiger partial charge in [0.15, 0.2) is 0 Å². The van der Waals surface area contributed by atoms with Crippen LogP contribution in [0.3, 0.4) is 0 Å². The van der Waals surface area contributed by atoms with Crippen molar-refractivity contribution in [3.63, 3.8) is 0 Å². The van der Waals surface area contributed by atoms with E-state index in [1.54, 1.807) is 6.92 Å². The molecular formula is C14H27F3N2O2. The van der Waals surface area contributed by atoms with E-state index in [1.807, 2.05) is 13.8 Å². The van der Waals surface area contributed by atoms with Crippen LogP contribution in [-0.4, -0.2) is 53.9 Å². The molecule has 0 aromatic carbocycles. The fraction of sp³-hybridized carbons (Fsp3) is 0.929. The minimum Gasteiger partial charge on any atom is -0.480 e. The first-order valence-electron chi connectivity index (χ1n) is 7.48. The summed E-state index contributed by atoms with van der Waals surface area (Å²) >= 11 is 0. The Kier molecular flexibility index (Phi) is 8.89. The minimum absolute atomic E-state index is 0.258. The van der Waals surface area contributed by atoms with Gasteiger partial charge >= 0.3 is 12.1 Å². The maximum atomic E-state index is 12.5. The van der Waals surface area contributed by atoms with Gasteiger partial charge in [-0.1, -0.05) is 20.8 Å². The van der Waals surface area contributed by atoms with E-state index in [0.29, 0.717) is 38.8 Å². The predicted molar refractivity (Wildman–Crippen MR) is 76.4 cm³/mol. The van der Waals surface area contributed by atoms with E-state index in [-0.39, 0.29) is 6.54 Å². The number of hydrogen-bond donors (Lipinski definition) is 2. The molecule has 0 saturated heterocycles. The topological polar surface area (TPSA) is 52.6 Å². The normalized spacial score (nSPS) is 15.2. The molecule has 0 radical (unpaired) electrons. The van der Waals surface area contributed by atoms with Crippen molar-refractivity contribution >= 4 is 5.97 Å². The zero-order chi connectivity index (χ0) is 16.5. The Bertz CT molecular complexity index is 311. The molecule has 126 valence electrons. The first-order valence-corrected chi connectivity index (χ1v) is 7.48. The summed E-state index contributed by atoms with van der Waals surface area (Å²) in [5.74, 6) is -0.940. The summed E-state index contributed by atoms with van der Waals surface area (Å²) in [5, 5.41) is 12.3. The SMILES string of the molecule is CCCN(CCCC(CC)(NCC)C(=O)O)CC(F)(F)F. The average Bonchev–Trinajstić information content (AvgIpc) is 2.35. The first kappa shape index (κ1) is 20.2. The molecule has 0 spiro atoms. The van der Waals surface area contributed by atoms with Gasteiger partial charge in [-0.2, -0.15) is 13.2 Å². The molecule has 4 nitrogen and oxygen atoms in total. The Morgan fingerprint density at radius 1 is 1.19 bits per heavy atom. The van der Waals surface area contributed by atoms with Crippen LogP contribution < -0.4 is 5.32 Å². The molecule has 0 aromatic heterocycles. The Morgan fingerprint density at radius 2 is 1.81 bits per heavy atom. The molecule has 7 heteroatoms. The summed E-state index contributed by atoms with van der Waals surface area (Å²) in [6.07, 6.45) is -2.43. The Hall–Kier alpha value is -0.820. The smallest absolute Gasteiger partial charge is 0.401 e. The summed E-state index contributed by atoms with van der Waals surface area (Å²) in [7, 11) is 0. The van der Waals surface area contributed by atoms with Crippen LogP contribution in [0.15, 0.2) is 0 Å². The van der Waals surface area contributed by atoms with E-state index >= 15 is 0 Å². The lowest BCUT2D eigenvalue weighted by atomic mass is 9.90. The summed E-state index contributed by atoms with van der Waals surface area (Å²) in [5.41, 5.74) is -1.04. The monoisotopic (exact) mass is 312 g/mol. The molecule has 21 heavy (non-hydrogen) atoms. The number of rotatable bonds is 11. The average molecular weight is 312 g/mol. The van der Waals surface area contributed by atoms with Crippen molar-refractivity contribution in [1.82, 2.24) is 10.2 Å². The zero-order valence-corrected chi connectivity index (χ0v) is 13.1. The highest BCUT2D eigenvalue weighted by molar-refractivity contribution is 5.78. The van der Waals surface area contributed by atoms with Crippen LogP contribution in [0.1, 0.15) is 46.5 Å². The number of nitrogens with zero attached hydrogens (tertiary/aromatic N) is 1. The number of aliphatic carboxylic acids is 1. The van der Waals surface area contributed by atoms with Gasteiger partial charge < -0.3 is 10.4 Å². The third-order valence-corrected chi connectivity index (χ3v) is 3.55. The van der Waals surface area contributed by atoms with E-state index in [4.69, 9.17) is 0 Å².